The Bertz CT molecular complexity index is 479. The van der Waals surface area contributed by atoms with Crippen molar-refractivity contribution < 1.29 is 4.79 Å². The molecule has 1 aromatic rings. The zero-order chi connectivity index (χ0) is 13.0. The molecule has 1 saturated heterocycles. The number of anilines is 2. The molecule has 1 aliphatic heterocycles. The van der Waals surface area contributed by atoms with Crippen LogP contribution in [-0.4, -0.2) is 31.0 Å². The predicted molar refractivity (Wildman–Crippen MR) is 68.3 cm³/mol. The molecule has 7 nitrogen and oxygen atoms in total. The Labute approximate surface area is 104 Å². The molecule has 2 heterocycles. The summed E-state index contributed by atoms with van der Waals surface area (Å²) in [5, 5.41) is 6.44. The van der Waals surface area contributed by atoms with E-state index >= 15 is 0 Å². The van der Waals surface area contributed by atoms with Crippen LogP contribution in [0.5, 0.6) is 0 Å². The summed E-state index contributed by atoms with van der Waals surface area (Å²) >= 11 is 0. The van der Waals surface area contributed by atoms with Crippen LogP contribution in [0.25, 0.3) is 10.4 Å². The predicted octanol–water partition coefficient (Wildman–Crippen LogP) is 1.79. The second-order valence-corrected chi connectivity index (χ2v) is 4.14. The van der Waals surface area contributed by atoms with Crippen molar-refractivity contribution in [3.05, 3.63) is 28.8 Å². The molecule has 2 rings (SSSR count). The normalized spacial score (nSPS) is 18.6. The lowest BCUT2D eigenvalue weighted by Gasteiger charge is -2.16. The first kappa shape index (κ1) is 12.2. The van der Waals surface area contributed by atoms with E-state index in [-0.39, 0.29) is 11.8 Å². The minimum absolute atomic E-state index is 0.0483. The average molecular weight is 246 g/mol. The van der Waals surface area contributed by atoms with Crippen LogP contribution in [-0.2, 0) is 4.79 Å². The number of pyridine rings is 1. The van der Waals surface area contributed by atoms with Gasteiger partial charge in [-0.05, 0) is 23.6 Å². The van der Waals surface area contributed by atoms with Gasteiger partial charge in [-0.3, -0.25) is 4.79 Å². The zero-order valence-corrected chi connectivity index (χ0v) is 10.1. The van der Waals surface area contributed by atoms with Crippen molar-refractivity contribution in [3.8, 4) is 0 Å². The number of carbonyl (C=O) groups is 1. The third-order valence-corrected chi connectivity index (χ3v) is 2.92. The summed E-state index contributed by atoms with van der Waals surface area (Å²) in [6.45, 7) is 0.944. The fourth-order valence-electron chi connectivity index (χ4n) is 2.00. The van der Waals surface area contributed by atoms with Crippen molar-refractivity contribution in [1.29, 1.82) is 0 Å². The van der Waals surface area contributed by atoms with Crippen LogP contribution in [0.15, 0.2) is 23.4 Å². The van der Waals surface area contributed by atoms with Gasteiger partial charge in [0.2, 0.25) is 5.91 Å². The number of nitrogens with zero attached hydrogens (tertiary/aromatic N) is 5. The number of azide groups is 1. The Balaban J connectivity index is 2.08. The van der Waals surface area contributed by atoms with E-state index in [1.54, 1.807) is 18.1 Å². The van der Waals surface area contributed by atoms with Gasteiger partial charge >= 0.3 is 0 Å². The molecule has 0 aliphatic carbocycles. The van der Waals surface area contributed by atoms with Gasteiger partial charge in [-0.2, -0.15) is 0 Å². The van der Waals surface area contributed by atoms with Crippen LogP contribution in [0.1, 0.15) is 6.42 Å². The van der Waals surface area contributed by atoms with Crippen LogP contribution < -0.4 is 10.2 Å². The molecule has 0 bridgehead atoms. The van der Waals surface area contributed by atoms with E-state index in [9.17, 15) is 4.79 Å². The highest BCUT2D eigenvalue weighted by atomic mass is 16.2. The van der Waals surface area contributed by atoms with Crippen molar-refractivity contribution in [2.75, 3.05) is 30.4 Å². The van der Waals surface area contributed by atoms with E-state index in [0.717, 1.165) is 11.5 Å². The molecule has 1 aromatic heterocycles. The van der Waals surface area contributed by atoms with Crippen LogP contribution >= 0.6 is 0 Å². The lowest BCUT2D eigenvalue weighted by atomic mass is 10.1. The van der Waals surface area contributed by atoms with Crippen molar-refractivity contribution in [2.45, 2.75) is 6.42 Å². The summed E-state index contributed by atoms with van der Waals surface area (Å²) < 4.78 is 0. The third-order valence-electron chi connectivity index (χ3n) is 2.92. The van der Waals surface area contributed by atoms with Gasteiger partial charge in [0, 0.05) is 31.5 Å². The van der Waals surface area contributed by atoms with E-state index in [1.165, 1.54) is 0 Å². The highest BCUT2D eigenvalue weighted by Gasteiger charge is 2.30. The Morgan fingerprint density at radius 3 is 3.11 bits per heavy atom. The molecule has 1 unspecified atom stereocenters. The number of amides is 1. The molecule has 94 valence electrons. The van der Waals surface area contributed by atoms with Gasteiger partial charge in [-0.15, -0.1) is 0 Å². The summed E-state index contributed by atoms with van der Waals surface area (Å²) in [6.07, 6.45) is 2.09. The van der Waals surface area contributed by atoms with Crippen LogP contribution in [0.4, 0.5) is 11.5 Å². The summed E-state index contributed by atoms with van der Waals surface area (Å²) in [4.78, 5) is 20.4. The maximum absolute atomic E-state index is 11.9. The molecule has 0 saturated carbocycles. The Morgan fingerprint density at radius 1 is 1.67 bits per heavy atom. The largest absolute Gasteiger partial charge is 0.373 e. The second-order valence-electron chi connectivity index (χ2n) is 4.14. The fourth-order valence-corrected chi connectivity index (χ4v) is 2.00. The number of hydrogen-bond donors (Lipinski definition) is 1. The number of carbonyl (C=O) groups excluding carboxylic acids is 1. The first-order valence-corrected chi connectivity index (χ1v) is 5.69. The monoisotopic (exact) mass is 246 g/mol. The van der Waals surface area contributed by atoms with Crippen LogP contribution in [0.3, 0.4) is 0 Å². The fraction of sp³-hybridized carbons (Fsp3) is 0.455. The first-order valence-electron chi connectivity index (χ1n) is 5.69. The van der Waals surface area contributed by atoms with Gasteiger partial charge in [0.05, 0.1) is 11.9 Å². The van der Waals surface area contributed by atoms with Crippen molar-refractivity contribution >= 4 is 17.4 Å². The molecule has 0 aromatic carbocycles. The van der Waals surface area contributed by atoms with E-state index < -0.39 is 0 Å². The molecule has 1 aliphatic rings. The summed E-state index contributed by atoms with van der Waals surface area (Å²) in [5.74, 6) is 0.903. The quantitative estimate of drug-likeness (QED) is 0.498. The van der Waals surface area contributed by atoms with Gasteiger partial charge in [-0.1, -0.05) is 5.11 Å². The van der Waals surface area contributed by atoms with Gasteiger partial charge in [0.15, 0.2) is 0 Å². The Hall–Kier alpha value is -2.27. The van der Waals surface area contributed by atoms with Gasteiger partial charge in [-0.25, -0.2) is 4.98 Å². The smallest absolute Gasteiger partial charge is 0.227 e. The molecule has 7 heteroatoms. The van der Waals surface area contributed by atoms with Gasteiger partial charge < -0.3 is 10.2 Å². The van der Waals surface area contributed by atoms with E-state index in [1.807, 2.05) is 12.1 Å². The maximum atomic E-state index is 11.9. The highest BCUT2D eigenvalue weighted by molar-refractivity contribution is 5.95. The molecular formula is C11H14N6O. The second kappa shape index (κ2) is 5.37. The highest BCUT2D eigenvalue weighted by Crippen LogP contribution is 2.25. The topological polar surface area (TPSA) is 94.0 Å². The summed E-state index contributed by atoms with van der Waals surface area (Å²) in [7, 11) is 1.79. The third kappa shape index (κ3) is 2.52. The van der Waals surface area contributed by atoms with Crippen LogP contribution in [0, 0.1) is 5.92 Å². The number of rotatable bonds is 4. The minimum atomic E-state index is 0.0483. The first-order chi connectivity index (χ1) is 8.74. The molecule has 0 spiro atoms. The average Bonchev–Trinajstić information content (AvgIpc) is 2.78. The van der Waals surface area contributed by atoms with E-state index in [2.05, 4.69) is 20.3 Å². The Kier molecular flexibility index (Phi) is 3.64. The standard InChI is InChI=1S/C11H14N6O/c1-13-10-3-2-9(6-14-10)17-7-8(4-11(17)18)5-15-16-12/h2-3,6,8H,4-5,7H2,1H3,(H,13,14). The number of hydrogen-bond acceptors (Lipinski definition) is 4. The lowest BCUT2D eigenvalue weighted by Crippen LogP contribution is -2.24. The van der Waals surface area contributed by atoms with Crippen molar-refractivity contribution in [2.24, 2.45) is 11.0 Å². The van der Waals surface area contributed by atoms with E-state index in [0.29, 0.717) is 19.5 Å². The molecular weight excluding hydrogens is 232 g/mol. The maximum Gasteiger partial charge on any atom is 0.227 e. The van der Waals surface area contributed by atoms with E-state index in [4.69, 9.17) is 5.53 Å². The molecule has 0 radical (unpaired) electrons. The molecule has 1 amide bonds. The SMILES string of the molecule is CNc1ccc(N2CC(CN=[N+]=[N-])CC2=O)cn1. The Morgan fingerprint density at radius 2 is 2.50 bits per heavy atom. The zero-order valence-electron chi connectivity index (χ0n) is 10.1. The summed E-state index contributed by atoms with van der Waals surface area (Å²) in [6, 6.07) is 3.68. The summed E-state index contributed by atoms with van der Waals surface area (Å²) in [5.41, 5.74) is 9.06. The number of aromatic nitrogens is 1. The van der Waals surface area contributed by atoms with Gasteiger partial charge in [0.25, 0.3) is 0 Å². The molecule has 1 N–H and O–H groups in total. The van der Waals surface area contributed by atoms with Crippen LogP contribution in [0.2, 0.25) is 0 Å². The molecule has 1 fully saturated rings. The minimum Gasteiger partial charge on any atom is -0.373 e. The van der Waals surface area contributed by atoms with Gasteiger partial charge in [0.1, 0.15) is 5.82 Å². The number of nitrogens with one attached hydrogen (secondary N) is 1. The molecule has 18 heavy (non-hydrogen) atoms. The lowest BCUT2D eigenvalue weighted by molar-refractivity contribution is -0.117. The van der Waals surface area contributed by atoms with Crippen molar-refractivity contribution in [3.63, 3.8) is 0 Å². The molecule has 1 atom stereocenters. The van der Waals surface area contributed by atoms with Crippen molar-refractivity contribution in [1.82, 2.24) is 4.98 Å².